The second-order valence-corrected chi connectivity index (χ2v) is 5.27. The fourth-order valence-corrected chi connectivity index (χ4v) is 2.49. The van der Waals surface area contributed by atoms with Gasteiger partial charge in [0.15, 0.2) is 0 Å². The summed E-state index contributed by atoms with van der Waals surface area (Å²) < 4.78 is 9.51. The summed E-state index contributed by atoms with van der Waals surface area (Å²) in [5.74, 6) is 0. The Morgan fingerprint density at radius 3 is 3.00 bits per heavy atom. The van der Waals surface area contributed by atoms with E-state index in [2.05, 4.69) is 28.8 Å². The number of nitrogens with zero attached hydrogens (tertiary/aromatic N) is 2. The van der Waals surface area contributed by atoms with E-state index in [0.717, 1.165) is 18.0 Å². The predicted octanol–water partition coefficient (Wildman–Crippen LogP) is 2.15. The van der Waals surface area contributed by atoms with Gasteiger partial charge < -0.3 is 10.1 Å². The highest BCUT2D eigenvalue weighted by atomic mass is 32.1. The molecule has 0 spiro atoms. The smallest absolute Gasteiger partial charge is 0.130 e. The lowest BCUT2D eigenvalue weighted by Gasteiger charge is -2.51. The molecule has 0 amide bonds. The normalized spacial score (nSPS) is 28.5. The Hall–Kier alpha value is -0.680. The molecule has 1 heterocycles. The third-order valence-electron chi connectivity index (χ3n) is 3.22. The van der Waals surface area contributed by atoms with Crippen LogP contribution in [-0.2, 0) is 4.74 Å². The van der Waals surface area contributed by atoms with Gasteiger partial charge in [0, 0.05) is 29.6 Å². The van der Waals surface area contributed by atoms with Crippen LogP contribution >= 0.6 is 11.5 Å². The van der Waals surface area contributed by atoms with Crippen LogP contribution in [0.5, 0.6) is 0 Å². The Balaban J connectivity index is 1.92. The lowest BCUT2D eigenvalue weighted by molar-refractivity contribution is -0.0975. The SMILES string of the molecule is CCOC1CC(Nc2cnns2)C1(C)C. The van der Waals surface area contributed by atoms with Crippen LogP contribution in [0.1, 0.15) is 27.2 Å². The molecule has 2 unspecified atom stereocenters. The average molecular weight is 227 g/mol. The van der Waals surface area contributed by atoms with E-state index >= 15 is 0 Å². The van der Waals surface area contributed by atoms with E-state index < -0.39 is 0 Å². The molecule has 0 radical (unpaired) electrons. The molecule has 1 fully saturated rings. The van der Waals surface area contributed by atoms with Crippen molar-refractivity contribution in [1.29, 1.82) is 0 Å². The summed E-state index contributed by atoms with van der Waals surface area (Å²) in [5, 5.41) is 8.31. The summed E-state index contributed by atoms with van der Waals surface area (Å²) in [5.41, 5.74) is 0.194. The van der Waals surface area contributed by atoms with Crippen molar-refractivity contribution in [2.75, 3.05) is 11.9 Å². The van der Waals surface area contributed by atoms with Gasteiger partial charge in [-0.15, -0.1) is 5.10 Å². The number of anilines is 1. The van der Waals surface area contributed by atoms with Crippen molar-refractivity contribution in [3.8, 4) is 0 Å². The van der Waals surface area contributed by atoms with E-state index in [9.17, 15) is 0 Å². The molecule has 1 aromatic rings. The molecule has 0 saturated heterocycles. The summed E-state index contributed by atoms with van der Waals surface area (Å²) in [7, 11) is 0. The van der Waals surface area contributed by atoms with Crippen LogP contribution in [0, 0.1) is 5.41 Å². The van der Waals surface area contributed by atoms with Gasteiger partial charge >= 0.3 is 0 Å². The van der Waals surface area contributed by atoms with E-state index in [1.54, 1.807) is 6.20 Å². The van der Waals surface area contributed by atoms with Crippen molar-refractivity contribution in [3.63, 3.8) is 0 Å². The number of hydrogen-bond acceptors (Lipinski definition) is 5. The van der Waals surface area contributed by atoms with Crippen molar-refractivity contribution in [1.82, 2.24) is 9.59 Å². The third kappa shape index (κ3) is 1.99. The quantitative estimate of drug-likeness (QED) is 0.856. The van der Waals surface area contributed by atoms with Gasteiger partial charge in [0.05, 0.1) is 12.3 Å². The van der Waals surface area contributed by atoms with Gasteiger partial charge in [0.2, 0.25) is 0 Å². The van der Waals surface area contributed by atoms with E-state index in [1.807, 2.05) is 6.92 Å². The van der Waals surface area contributed by atoms with Gasteiger partial charge in [0.25, 0.3) is 0 Å². The summed E-state index contributed by atoms with van der Waals surface area (Å²) in [6.07, 6.45) is 3.22. The Morgan fingerprint density at radius 1 is 1.67 bits per heavy atom. The van der Waals surface area contributed by atoms with Crippen molar-refractivity contribution >= 4 is 16.5 Å². The molecule has 5 heteroatoms. The van der Waals surface area contributed by atoms with Crippen molar-refractivity contribution in [2.24, 2.45) is 5.41 Å². The third-order valence-corrected chi connectivity index (χ3v) is 3.82. The van der Waals surface area contributed by atoms with Crippen molar-refractivity contribution in [3.05, 3.63) is 6.20 Å². The molecule has 1 aliphatic carbocycles. The minimum atomic E-state index is 0.194. The maximum Gasteiger partial charge on any atom is 0.130 e. The first-order valence-electron chi connectivity index (χ1n) is 5.30. The van der Waals surface area contributed by atoms with Gasteiger partial charge in [-0.25, -0.2) is 0 Å². The van der Waals surface area contributed by atoms with Crippen LogP contribution in [-0.4, -0.2) is 28.3 Å². The first kappa shape index (κ1) is 10.8. The first-order chi connectivity index (χ1) is 7.14. The van der Waals surface area contributed by atoms with Crippen molar-refractivity contribution < 1.29 is 4.74 Å². The highest BCUT2D eigenvalue weighted by Gasteiger charge is 2.49. The maximum absolute atomic E-state index is 5.67. The molecule has 1 N–H and O–H groups in total. The Labute approximate surface area is 94.2 Å². The molecular formula is C10H17N3OS. The van der Waals surface area contributed by atoms with Crippen LogP contribution in [0.4, 0.5) is 5.00 Å². The number of aromatic nitrogens is 2. The van der Waals surface area contributed by atoms with Gasteiger partial charge in [-0.2, -0.15) is 0 Å². The van der Waals surface area contributed by atoms with Crippen LogP contribution < -0.4 is 5.32 Å². The molecule has 84 valence electrons. The highest BCUT2D eigenvalue weighted by molar-refractivity contribution is 7.09. The zero-order chi connectivity index (χ0) is 10.9. The molecule has 1 aromatic heterocycles. The summed E-state index contributed by atoms with van der Waals surface area (Å²) >= 11 is 1.40. The highest BCUT2D eigenvalue weighted by Crippen LogP contribution is 2.44. The Morgan fingerprint density at radius 2 is 2.47 bits per heavy atom. The zero-order valence-corrected chi connectivity index (χ0v) is 10.2. The molecule has 0 bridgehead atoms. The van der Waals surface area contributed by atoms with Gasteiger partial charge in [-0.1, -0.05) is 18.3 Å². The Kier molecular flexibility index (Phi) is 2.93. The van der Waals surface area contributed by atoms with Crippen LogP contribution in [0.3, 0.4) is 0 Å². The molecule has 0 aliphatic heterocycles. The molecular weight excluding hydrogens is 210 g/mol. The second kappa shape index (κ2) is 4.06. The molecule has 2 rings (SSSR count). The largest absolute Gasteiger partial charge is 0.378 e. The monoisotopic (exact) mass is 227 g/mol. The predicted molar refractivity (Wildman–Crippen MR) is 61.1 cm³/mol. The lowest BCUT2D eigenvalue weighted by atomic mass is 9.64. The Bertz CT molecular complexity index is 312. The summed E-state index contributed by atoms with van der Waals surface area (Å²) in [4.78, 5) is 0. The lowest BCUT2D eigenvalue weighted by Crippen LogP contribution is -2.58. The number of hydrogen-bond donors (Lipinski definition) is 1. The fraction of sp³-hybridized carbons (Fsp3) is 0.800. The van der Waals surface area contributed by atoms with Crippen LogP contribution in [0.15, 0.2) is 6.20 Å². The maximum atomic E-state index is 5.67. The van der Waals surface area contributed by atoms with Crippen LogP contribution in [0.25, 0.3) is 0 Å². The second-order valence-electron chi connectivity index (χ2n) is 4.48. The molecule has 1 saturated carbocycles. The molecule has 2 atom stereocenters. The average Bonchev–Trinajstić information content (AvgIpc) is 2.69. The van der Waals surface area contributed by atoms with Crippen molar-refractivity contribution in [2.45, 2.75) is 39.3 Å². The number of nitrogens with one attached hydrogen (secondary N) is 1. The first-order valence-corrected chi connectivity index (χ1v) is 6.07. The van der Waals surface area contributed by atoms with Gasteiger partial charge in [-0.05, 0) is 13.3 Å². The molecule has 4 nitrogen and oxygen atoms in total. The topological polar surface area (TPSA) is 47.0 Å². The fourth-order valence-electron chi connectivity index (χ4n) is 2.02. The number of ether oxygens (including phenoxy) is 1. The minimum absolute atomic E-state index is 0.194. The zero-order valence-electron chi connectivity index (χ0n) is 9.36. The van der Waals surface area contributed by atoms with Gasteiger partial charge in [0.1, 0.15) is 5.00 Å². The number of rotatable bonds is 4. The molecule has 1 aliphatic rings. The summed E-state index contributed by atoms with van der Waals surface area (Å²) in [6, 6.07) is 0.469. The molecule has 0 aromatic carbocycles. The van der Waals surface area contributed by atoms with E-state index in [4.69, 9.17) is 4.74 Å². The minimum Gasteiger partial charge on any atom is -0.378 e. The van der Waals surface area contributed by atoms with Gasteiger partial charge in [-0.3, -0.25) is 0 Å². The van der Waals surface area contributed by atoms with E-state index in [-0.39, 0.29) is 5.41 Å². The van der Waals surface area contributed by atoms with Crippen LogP contribution in [0.2, 0.25) is 0 Å². The van der Waals surface area contributed by atoms with E-state index in [0.29, 0.717) is 12.1 Å². The molecule has 15 heavy (non-hydrogen) atoms. The summed E-state index contributed by atoms with van der Waals surface area (Å²) in [6.45, 7) is 7.32. The standard InChI is InChI=1S/C10H17N3OS/c1-4-14-8-5-7(10(8,2)3)12-9-6-11-13-15-9/h6-8,12H,4-5H2,1-3H3. The van der Waals surface area contributed by atoms with E-state index in [1.165, 1.54) is 11.5 Å².